The molecule has 2 aromatic rings. The van der Waals surface area contributed by atoms with Gasteiger partial charge in [-0.1, -0.05) is 42.0 Å². The Balaban J connectivity index is 2.11. The third-order valence-electron chi connectivity index (χ3n) is 3.55. The molecule has 0 saturated carbocycles. The Bertz CT molecular complexity index is 587. The third kappa shape index (κ3) is 4.02. The number of halogens is 1. The number of hydrogen-bond acceptors (Lipinski definition) is 1. The highest BCUT2D eigenvalue weighted by Gasteiger charge is 2.16. The van der Waals surface area contributed by atoms with Crippen molar-refractivity contribution in [2.75, 3.05) is 0 Å². The number of carbonyl (C=O) groups is 1. The molecule has 0 aliphatic carbocycles. The van der Waals surface area contributed by atoms with Gasteiger partial charge in [0.15, 0.2) is 0 Å². The fourth-order valence-electron chi connectivity index (χ4n) is 2.32. The summed E-state index contributed by atoms with van der Waals surface area (Å²) in [6, 6.07) is 14.7. The molecule has 0 saturated heterocycles. The highest BCUT2D eigenvalue weighted by atomic mass is 19.1. The first-order valence-electron chi connectivity index (χ1n) is 6.85. The van der Waals surface area contributed by atoms with Crippen molar-refractivity contribution in [2.24, 2.45) is 5.92 Å². The van der Waals surface area contributed by atoms with Crippen LogP contribution in [0.1, 0.15) is 23.6 Å². The Kier molecular flexibility index (Phi) is 4.67. The molecule has 1 atom stereocenters. The lowest BCUT2D eigenvalue weighted by atomic mass is 9.89. The zero-order valence-corrected chi connectivity index (χ0v) is 11.9. The standard InChI is InChI=1S/C18H19FO/c1-13-6-8-15(9-7-13)10-17(14(2)20)11-16-4-3-5-18(19)12-16/h3-9,12,17H,10-11H2,1-2H3. The van der Waals surface area contributed by atoms with E-state index in [1.807, 2.05) is 13.0 Å². The van der Waals surface area contributed by atoms with Gasteiger partial charge in [0.25, 0.3) is 0 Å². The topological polar surface area (TPSA) is 17.1 Å². The number of rotatable bonds is 5. The Hall–Kier alpha value is -1.96. The summed E-state index contributed by atoms with van der Waals surface area (Å²) in [6.45, 7) is 3.65. The maximum absolute atomic E-state index is 13.2. The van der Waals surface area contributed by atoms with Crippen molar-refractivity contribution in [1.82, 2.24) is 0 Å². The van der Waals surface area contributed by atoms with E-state index in [4.69, 9.17) is 0 Å². The maximum Gasteiger partial charge on any atom is 0.133 e. The van der Waals surface area contributed by atoms with E-state index in [0.717, 1.165) is 11.1 Å². The maximum atomic E-state index is 13.2. The van der Waals surface area contributed by atoms with Crippen LogP contribution in [0.2, 0.25) is 0 Å². The van der Waals surface area contributed by atoms with Crippen molar-refractivity contribution >= 4 is 5.78 Å². The fraction of sp³-hybridized carbons (Fsp3) is 0.278. The molecule has 2 heteroatoms. The Morgan fingerprint density at radius 2 is 1.70 bits per heavy atom. The van der Waals surface area contributed by atoms with E-state index in [-0.39, 0.29) is 17.5 Å². The van der Waals surface area contributed by atoms with Gasteiger partial charge in [-0.05, 0) is 49.9 Å². The van der Waals surface area contributed by atoms with Crippen LogP contribution < -0.4 is 0 Å². The molecule has 0 aromatic heterocycles. The molecule has 0 fully saturated rings. The van der Waals surface area contributed by atoms with E-state index in [1.165, 1.54) is 17.7 Å². The summed E-state index contributed by atoms with van der Waals surface area (Å²) in [4.78, 5) is 11.8. The van der Waals surface area contributed by atoms with Crippen molar-refractivity contribution in [3.63, 3.8) is 0 Å². The highest BCUT2D eigenvalue weighted by Crippen LogP contribution is 2.17. The Morgan fingerprint density at radius 3 is 2.30 bits per heavy atom. The first-order valence-corrected chi connectivity index (χ1v) is 6.85. The lowest BCUT2D eigenvalue weighted by Gasteiger charge is -2.14. The molecule has 104 valence electrons. The summed E-state index contributed by atoms with van der Waals surface area (Å²) in [5, 5.41) is 0. The molecule has 0 radical (unpaired) electrons. The predicted octanol–water partition coefficient (Wildman–Crippen LogP) is 4.12. The molecule has 0 amide bonds. The van der Waals surface area contributed by atoms with Gasteiger partial charge in [0, 0.05) is 5.92 Å². The molecule has 1 unspecified atom stereocenters. The first-order chi connectivity index (χ1) is 9.54. The molecule has 0 spiro atoms. The van der Waals surface area contributed by atoms with Crippen molar-refractivity contribution in [3.05, 3.63) is 71.0 Å². The summed E-state index contributed by atoms with van der Waals surface area (Å²) in [5.41, 5.74) is 3.22. The molecule has 2 rings (SSSR count). The minimum atomic E-state index is -0.250. The molecular formula is C18H19FO. The molecule has 0 bridgehead atoms. The summed E-state index contributed by atoms with van der Waals surface area (Å²) >= 11 is 0. The van der Waals surface area contributed by atoms with Crippen LogP contribution in [0.3, 0.4) is 0 Å². The van der Waals surface area contributed by atoms with E-state index in [1.54, 1.807) is 13.0 Å². The minimum Gasteiger partial charge on any atom is -0.300 e. The molecule has 1 nitrogen and oxygen atoms in total. The normalized spacial score (nSPS) is 12.2. The summed E-state index contributed by atoms with van der Waals surface area (Å²) in [6.07, 6.45) is 1.28. The minimum absolute atomic E-state index is 0.0977. The summed E-state index contributed by atoms with van der Waals surface area (Å²) in [7, 11) is 0. The molecule has 0 N–H and O–H groups in total. The van der Waals surface area contributed by atoms with E-state index in [0.29, 0.717) is 12.8 Å². The van der Waals surface area contributed by atoms with Crippen LogP contribution in [0.5, 0.6) is 0 Å². The number of aryl methyl sites for hydroxylation is 1. The van der Waals surface area contributed by atoms with Gasteiger partial charge in [-0.25, -0.2) is 4.39 Å². The molecule has 0 heterocycles. The Labute approximate surface area is 119 Å². The highest BCUT2D eigenvalue weighted by molar-refractivity contribution is 5.78. The predicted molar refractivity (Wildman–Crippen MR) is 79.2 cm³/mol. The number of hydrogen-bond donors (Lipinski definition) is 0. The SMILES string of the molecule is CC(=O)C(Cc1ccc(C)cc1)Cc1cccc(F)c1. The second-order valence-electron chi connectivity index (χ2n) is 5.33. The van der Waals surface area contributed by atoms with Gasteiger partial charge in [0.2, 0.25) is 0 Å². The lowest BCUT2D eigenvalue weighted by Crippen LogP contribution is -2.17. The van der Waals surface area contributed by atoms with Crippen molar-refractivity contribution < 1.29 is 9.18 Å². The van der Waals surface area contributed by atoms with E-state index in [9.17, 15) is 9.18 Å². The van der Waals surface area contributed by atoms with Crippen molar-refractivity contribution in [2.45, 2.75) is 26.7 Å². The number of benzene rings is 2. The smallest absolute Gasteiger partial charge is 0.133 e. The van der Waals surface area contributed by atoms with Crippen LogP contribution in [0.15, 0.2) is 48.5 Å². The van der Waals surface area contributed by atoms with Gasteiger partial charge in [0.1, 0.15) is 11.6 Å². The zero-order chi connectivity index (χ0) is 14.5. The average Bonchev–Trinajstić information content (AvgIpc) is 2.40. The lowest BCUT2D eigenvalue weighted by molar-refractivity contribution is -0.120. The monoisotopic (exact) mass is 270 g/mol. The summed E-state index contributed by atoms with van der Waals surface area (Å²) in [5.74, 6) is -0.200. The number of ketones is 1. The average molecular weight is 270 g/mol. The van der Waals surface area contributed by atoms with Gasteiger partial charge in [-0.2, -0.15) is 0 Å². The van der Waals surface area contributed by atoms with Crippen LogP contribution >= 0.6 is 0 Å². The van der Waals surface area contributed by atoms with E-state index < -0.39 is 0 Å². The molecular weight excluding hydrogens is 251 g/mol. The zero-order valence-electron chi connectivity index (χ0n) is 11.9. The van der Waals surface area contributed by atoms with Crippen molar-refractivity contribution in [3.8, 4) is 0 Å². The van der Waals surface area contributed by atoms with Crippen LogP contribution in [0, 0.1) is 18.7 Å². The van der Waals surface area contributed by atoms with E-state index >= 15 is 0 Å². The van der Waals surface area contributed by atoms with Gasteiger partial charge in [-0.3, -0.25) is 4.79 Å². The van der Waals surface area contributed by atoms with Gasteiger partial charge in [0.05, 0.1) is 0 Å². The van der Waals surface area contributed by atoms with Crippen LogP contribution in [-0.2, 0) is 17.6 Å². The fourth-order valence-corrected chi connectivity index (χ4v) is 2.32. The van der Waals surface area contributed by atoms with Gasteiger partial charge < -0.3 is 0 Å². The summed E-state index contributed by atoms with van der Waals surface area (Å²) < 4.78 is 13.2. The molecule has 0 aliphatic heterocycles. The Morgan fingerprint density at radius 1 is 1.05 bits per heavy atom. The molecule has 0 aliphatic rings. The van der Waals surface area contributed by atoms with Gasteiger partial charge >= 0.3 is 0 Å². The quantitative estimate of drug-likeness (QED) is 0.798. The van der Waals surface area contributed by atoms with Crippen LogP contribution in [-0.4, -0.2) is 5.78 Å². The number of Topliss-reactive ketones (excluding diaryl/α,β-unsaturated/α-hetero) is 1. The second-order valence-corrected chi connectivity index (χ2v) is 5.33. The van der Waals surface area contributed by atoms with Crippen molar-refractivity contribution in [1.29, 1.82) is 0 Å². The van der Waals surface area contributed by atoms with E-state index in [2.05, 4.69) is 24.3 Å². The molecule has 2 aromatic carbocycles. The number of carbonyl (C=O) groups excluding carboxylic acids is 1. The molecule has 20 heavy (non-hydrogen) atoms. The largest absolute Gasteiger partial charge is 0.300 e. The van der Waals surface area contributed by atoms with Crippen LogP contribution in [0.4, 0.5) is 4.39 Å². The third-order valence-corrected chi connectivity index (χ3v) is 3.55. The van der Waals surface area contributed by atoms with Crippen LogP contribution in [0.25, 0.3) is 0 Å². The van der Waals surface area contributed by atoms with Gasteiger partial charge in [-0.15, -0.1) is 0 Å². The first kappa shape index (κ1) is 14.4. The second kappa shape index (κ2) is 6.47.